The van der Waals surface area contributed by atoms with Gasteiger partial charge >= 0.3 is 6.03 Å². The molecule has 0 aromatic heterocycles. The Morgan fingerprint density at radius 2 is 1.93 bits per heavy atom. The molecule has 3 heteroatoms. The maximum absolute atomic E-state index is 11.5. The van der Waals surface area contributed by atoms with Crippen LogP contribution in [0.3, 0.4) is 0 Å². The molecule has 14 heavy (non-hydrogen) atoms. The quantitative estimate of drug-likeness (QED) is 0.719. The van der Waals surface area contributed by atoms with Crippen LogP contribution in [0, 0.1) is 5.92 Å². The standard InChI is InChI=1S/C11H18N2O/c1-7(2)10-6-13(8(3)4)11(14)12-9(10)5/h6-8H,5H2,1-4H3,(H,12,14). The Balaban J connectivity index is 2.99. The van der Waals surface area contributed by atoms with Gasteiger partial charge in [0.05, 0.1) is 0 Å². The largest absolute Gasteiger partial charge is 0.326 e. The van der Waals surface area contributed by atoms with Crippen molar-refractivity contribution in [2.45, 2.75) is 33.7 Å². The van der Waals surface area contributed by atoms with Crippen LogP contribution >= 0.6 is 0 Å². The van der Waals surface area contributed by atoms with Gasteiger partial charge in [-0.05, 0) is 25.3 Å². The van der Waals surface area contributed by atoms with Gasteiger partial charge < -0.3 is 5.32 Å². The van der Waals surface area contributed by atoms with Crippen molar-refractivity contribution in [1.29, 1.82) is 0 Å². The summed E-state index contributed by atoms with van der Waals surface area (Å²) in [6.45, 7) is 12.0. The van der Waals surface area contributed by atoms with E-state index < -0.39 is 0 Å². The van der Waals surface area contributed by atoms with E-state index >= 15 is 0 Å². The number of amides is 2. The Bertz CT molecular complexity index is 290. The second-order valence-corrected chi connectivity index (χ2v) is 4.15. The SMILES string of the molecule is C=C1NC(=O)N(C(C)C)C=C1C(C)C. The van der Waals surface area contributed by atoms with Gasteiger partial charge in [-0.3, -0.25) is 4.90 Å². The Kier molecular flexibility index (Phi) is 2.99. The first kappa shape index (κ1) is 10.8. The number of rotatable bonds is 2. The zero-order chi connectivity index (χ0) is 10.9. The van der Waals surface area contributed by atoms with Gasteiger partial charge in [0.15, 0.2) is 0 Å². The molecule has 78 valence electrons. The molecule has 0 bridgehead atoms. The summed E-state index contributed by atoms with van der Waals surface area (Å²) in [6, 6.07) is 0.0891. The van der Waals surface area contributed by atoms with Crippen molar-refractivity contribution in [1.82, 2.24) is 10.2 Å². The molecule has 0 fully saturated rings. The maximum Gasteiger partial charge on any atom is 0.326 e. The molecule has 0 aromatic rings. The fourth-order valence-electron chi connectivity index (χ4n) is 1.43. The highest BCUT2D eigenvalue weighted by Crippen LogP contribution is 2.22. The topological polar surface area (TPSA) is 32.3 Å². The molecule has 0 unspecified atom stereocenters. The number of nitrogens with zero attached hydrogens (tertiary/aromatic N) is 1. The van der Waals surface area contributed by atoms with E-state index in [4.69, 9.17) is 0 Å². The lowest BCUT2D eigenvalue weighted by molar-refractivity contribution is 0.205. The highest BCUT2D eigenvalue weighted by Gasteiger charge is 2.23. The lowest BCUT2D eigenvalue weighted by Crippen LogP contribution is -2.44. The molecule has 1 N–H and O–H groups in total. The molecular formula is C11H18N2O. The van der Waals surface area contributed by atoms with Crippen LogP contribution in [0.5, 0.6) is 0 Å². The van der Waals surface area contributed by atoms with Crippen LogP contribution < -0.4 is 5.32 Å². The number of hydrogen-bond donors (Lipinski definition) is 1. The van der Waals surface area contributed by atoms with Crippen molar-refractivity contribution in [3.05, 3.63) is 24.0 Å². The Morgan fingerprint density at radius 1 is 1.36 bits per heavy atom. The average Bonchev–Trinajstić information content (AvgIpc) is 2.02. The van der Waals surface area contributed by atoms with Gasteiger partial charge in [-0.2, -0.15) is 0 Å². The Morgan fingerprint density at radius 3 is 2.36 bits per heavy atom. The van der Waals surface area contributed by atoms with E-state index in [9.17, 15) is 4.79 Å². The molecule has 0 spiro atoms. The summed E-state index contributed by atoms with van der Waals surface area (Å²) < 4.78 is 0. The van der Waals surface area contributed by atoms with E-state index in [1.165, 1.54) is 0 Å². The monoisotopic (exact) mass is 194 g/mol. The molecule has 1 rings (SSSR count). The number of nitrogens with one attached hydrogen (secondary N) is 1. The number of allylic oxidation sites excluding steroid dienone is 1. The third-order valence-corrected chi connectivity index (χ3v) is 2.30. The third-order valence-electron chi connectivity index (χ3n) is 2.30. The molecule has 0 saturated carbocycles. The van der Waals surface area contributed by atoms with Gasteiger partial charge in [0, 0.05) is 17.9 Å². The van der Waals surface area contributed by atoms with Gasteiger partial charge in [-0.15, -0.1) is 0 Å². The van der Waals surface area contributed by atoms with Crippen molar-refractivity contribution in [3.63, 3.8) is 0 Å². The van der Waals surface area contributed by atoms with Crippen LogP contribution in [0.4, 0.5) is 4.79 Å². The van der Waals surface area contributed by atoms with Crippen LogP contribution in [-0.2, 0) is 0 Å². The number of carbonyl (C=O) groups excluding carboxylic acids is 1. The summed E-state index contributed by atoms with van der Waals surface area (Å²) in [5.74, 6) is 0.379. The predicted molar refractivity (Wildman–Crippen MR) is 57.6 cm³/mol. The van der Waals surface area contributed by atoms with Crippen LogP contribution in [0.25, 0.3) is 0 Å². The van der Waals surface area contributed by atoms with Crippen molar-refractivity contribution >= 4 is 6.03 Å². The number of carbonyl (C=O) groups is 1. The van der Waals surface area contributed by atoms with E-state index in [-0.39, 0.29) is 12.1 Å². The molecule has 1 aliphatic heterocycles. The van der Waals surface area contributed by atoms with Gasteiger partial charge in [-0.25, -0.2) is 4.79 Å². The van der Waals surface area contributed by atoms with Gasteiger partial charge in [0.2, 0.25) is 0 Å². The Labute approximate surface area is 85.5 Å². The number of hydrogen-bond acceptors (Lipinski definition) is 1. The second kappa shape index (κ2) is 3.86. The van der Waals surface area contributed by atoms with E-state index in [0.717, 1.165) is 11.3 Å². The average molecular weight is 194 g/mol. The molecule has 1 heterocycles. The fraction of sp³-hybridized carbons (Fsp3) is 0.545. The minimum Gasteiger partial charge on any atom is -0.308 e. The first-order valence-electron chi connectivity index (χ1n) is 4.93. The van der Waals surface area contributed by atoms with E-state index in [1.807, 2.05) is 20.0 Å². The van der Waals surface area contributed by atoms with Crippen molar-refractivity contribution < 1.29 is 4.79 Å². The zero-order valence-electron chi connectivity index (χ0n) is 9.29. The Hall–Kier alpha value is -1.25. The molecule has 0 atom stereocenters. The van der Waals surface area contributed by atoms with Crippen LogP contribution in [0.1, 0.15) is 27.7 Å². The summed E-state index contributed by atoms with van der Waals surface area (Å²) in [5.41, 5.74) is 1.82. The first-order valence-corrected chi connectivity index (χ1v) is 4.93. The maximum atomic E-state index is 11.5. The molecule has 1 aliphatic rings. The fourth-order valence-corrected chi connectivity index (χ4v) is 1.43. The molecule has 0 radical (unpaired) electrons. The summed E-state index contributed by atoms with van der Waals surface area (Å²) in [6.07, 6.45) is 1.90. The third kappa shape index (κ3) is 1.97. The normalized spacial score (nSPS) is 17.6. The van der Waals surface area contributed by atoms with E-state index in [2.05, 4.69) is 25.7 Å². The highest BCUT2D eigenvalue weighted by molar-refractivity contribution is 5.80. The van der Waals surface area contributed by atoms with Crippen LogP contribution in [-0.4, -0.2) is 17.0 Å². The zero-order valence-corrected chi connectivity index (χ0v) is 9.29. The predicted octanol–water partition coefficient (Wildman–Crippen LogP) is 2.47. The smallest absolute Gasteiger partial charge is 0.308 e. The van der Waals surface area contributed by atoms with Crippen LogP contribution in [0.2, 0.25) is 0 Å². The van der Waals surface area contributed by atoms with Gasteiger partial charge in [0.1, 0.15) is 0 Å². The van der Waals surface area contributed by atoms with Crippen molar-refractivity contribution in [3.8, 4) is 0 Å². The second-order valence-electron chi connectivity index (χ2n) is 4.15. The van der Waals surface area contributed by atoms with Crippen molar-refractivity contribution in [2.75, 3.05) is 0 Å². The molecule has 0 saturated heterocycles. The lowest BCUT2D eigenvalue weighted by Gasteiger charge is -2.31. The molecular weight excluding hydrogens is 176 g/mol. The summed E-state index contributed by atoms with van der Waals surface area (Å²) in [4.78, 5) is 13.2. The van der Waals surface area contributed by atoms with Crippen molar-refractivity contribution in [2.24, 2.45) is 5.92 Å². The summed E-state index contributed by atoms with van der Waals surface area (Å²) >= 11 is 0. The van der Waals surface area contributed by atoms with E-state index in [0.29, 0.717) is 5.92 Å². The molecule has 2 amide bonds. The minimum absolute atomic E-state index is 0.0885. The number of urea groups is 1. The molecule has 0 aliphatic carbocycles. The summed E-state index contributed by atoms with van der Waals surface area (Å²) in [5, 5.41) is 2.77. The van der Waals surface area contributed by atoms with Gasteiger partial charge in [-0.1, -0.05) is 20.4 Å². The van der Waals surface area contributed by atoms with Crippen LogP contribution in [0.15, 0.2) is 24.0 Å². The highest BCUT2D eigenvalue weighted by atomic mass is 16.2. The molecule has 0 aromatic carbocycles. The van der Waals surface area contributed by atoms with E-state index in [1.54, 1.807) is 4.90 Å². The molecule has 3 nitrogen and oxygen atoms in total. The summed E-state index contributed by atoms with van der Waals surface area (Å²) in [7, 11) is 0. The first-order chi connectivity index (χ1) is 6.43. The minimum atomic E-state index is -0.0885. The van der Waals surface area contributed by atoms with Gasteiger partial charge in [0.25, 0.3) is 0 Å². The lowest BCUT2D eigenvalue weighted by atomic mass is 10.00.